The Labute approximate surface area is 88.3 Å². The van der Waals surface area contributed by atoms with Crippen LogP contribution in [0.3, 0.4) is 0 Å². The van der Waals surface area contributed by atoms with Crippen LogP contribution in [-0.4, -0.2) is 28.6 Å². The zero-order valence-corrected chi connectivity index (χ0v) is 8.81. The Morgan fingerprint density at radius 3 is 3.13 bits per heavy atom. The molecule has 2 atom stereocenters. The van der Waals surface area contributed by atoms with Crippen molar-refractivity contribution in [2.24, 2.45) is 5.73 Å². The first-order valence-electron chi connectivity index (χ1n) is 5.24. The number of hydrogen-bond donors (Lipinski definition) is 2. The van der Waals surface area contributed by atoms with E-state index in [4.69, 9.17) is 5.73 Å². The lowest BCUT2D eigenvalue weighted by Crippen LogP contribution is -2.47. The van der Waals surface area contributed by atoms with E-state index in [1.165, 1.54) is 0 Å². The summed E-state index contributed by atoms with van der Waals surface area (Å²) in [7, 11) is 0. The van der Waals surface area contributed by atoms with E-state index in [0.29, 0.717) is 5.82 Å². The fourth-order valence-corrected chi connectivity index (χ4v) is 2.07. The number of nitrogens with zero attached hydrogens (tertiary/aromatic N) is 2. The average molecular weight is 208 g/mol. The van der Waals surface area contributed by atoms with Crippen LogP contribution in [0.4, 0.5) is 5.82 Å². The Balaban J connectivity index is 2.24. The highest BCUT2D eigenvalue weighted by atomic mass is 16.1. The van der Waals surface area contributed by atoms with Crippen LogP contribution in [0.15, 0.2) is 17.2 Å². The van der Waals surface area contributed by atoms with Gasteiger partial charge in [0, 0.05) is 31.0 Å². The first kappa shape index (κ1) is 10.2. The van der Waals surface area contributed by atoms with Crippen molar-refractivity contribution in [2.45, 2.75) is 31.8 Å². The molecule has 1 aromatic heterocycles. The number of H-pyrrole nitrogens is 1. The van der Waals surface area contributed by atoms with E-state index >= 15 is 0 Å². The summed E-state index contributed by atoms with van der Waals surface area (Å²) in [6.45, 7) is 2.88. The summed E-state index contributed by atoms with van der Waals surface area (Å²) in [5, 5.41) is 0. The average Bonchev–Trinajstić information content (AvgIpc) is 2.20. The molecule has 0 saturated carbocycles. The Hall–Kier alpha value is -1.36. The van der Waals surface area contributed by atoms with Gasteiger partial charge in [0.1, 0.15) is 0 Å². The van der Waals surface area contributed by atoms with Crippen LogP contribution >= 0.6 is 0 Å². The molecule has 5 nitrogen and oxygen atoms in total. The fraction of sp³-hybridized carbons (Fsp3) is 0.600. The van der Waals surface area contributed by atoms with E-state index in [0.717, 1.165) is 19.4 Å². The predicted molar refractivity (Wildman–Crippen MR) is 58.9 cm³/mol. The van der Waals surface area contributed by atoms with Gasteiger partial charge in [-0.15, -0.1) is 0 Å². The number of hydrogen-bond acceptors (Lipinski definition) is 4. The van der Waals surface area contributed by atoms with Crippen molar-refractivity contribution in [3.63, 3.8) is 0 Å². The molecule has 0 aromatic carbocycles. The summed E-state index contributed by atoms with van der Waals surface area (Å²) in [4.78, 5) is 20.3. The van der Waals surface area contributed by atoms with Gasteiger partial charge in [0.25, 0.3) is 5.56 Å². The molecule has 0 spiro atoms. The van der Waals surface area contributed by atoms with E-state index < -0.39 is 0 Å². The maximum atomic E-state index is 11.6. The minimum atomic E-state index is -0.125. The molecule has 1 saturated heterocycles. The van der Waals surface area contributed by atoms with Gasteiger partial charge >= 0.3 is 0 Å². The molecule has 1 aromatic rings. The van der Waals surface area contributed by atoms with E-state index in [2.05, 4.69) is 16.9 Å². The van der Waals surface area contributed by atoms with Crippen LogP contribution in [0, 0.1) is 0 Å². The second-order valence-electron chi connectivity index (χ2n) is 4.07. The van der Waals surface area contributed by atoms with E-state index in [-0.39, 0.29) is 17.6 Å². The van der Waals surface area contributed by atoms with Gasteiger partial charge in [0.05, 0.1) is 0 Å². The van der Waals surface area contributed by atoms with Gasteiger partial charge in [0.2, 0.25) is 0 Å². The third kappa shape index (κ3) is 2.02. The number of anilines is 1. The lowest BCUT2D eigenvalue weighted by atomic mass is 9.99. The second-order valence-corrected chi connectivity index (χ2v) is 4.07. The van der Waals surface area contributed by atoms with Crippen molar-refractivity contribution in [3.05, 3.63) is 22.7 Å². The molecule has 2 rings (SSSR count). The molecule has 1 aliphatic heterocycles. The molecule has 0 radical (unpaired) electrons. The molecule has 82 valence electrons. The molecular weight excluding hydrogens is 192 g/mol. The molecule has 3 N–H and O–H groups in total. The van der Waals surface area contributed by atoms with Gasteiger partial charge in [-0.05, 0) is 19.8 Å². The minimum Gasteiger partial charge on any atom is -0.349 e. The van der Waals surface area contributed by atoms with Crippen molar-refractivity contribution in [1.82, 2.24) is 9.97 Å². The number of nitrogens with two attached hydrogens (primary N) is 1. The van der Waals surface area contributed by atoms with E-state index in [1.54, 1.807) is 12.4 Å². The highest BCUT2D eigenvalue weighted by Crippen LogP contribution is 2.19. The van der Waals surface area contributed by atoms with Gasteiger partial charge in [-0.25, -0.2) is 4.98 Å². The number of rotatable bonds is 1. The summed E-state index contributed by atoms with van der Waals surface area (Å²) in [6.07, 6.45) is 4.99. The van der Waals surface area contributed by atoms with Gasteiger partial charge in [0.15, 0.2) is 5.82 Å². The molecule has 0 bridgehead atoms. The van der Waals surface area contributed by atoms with Crippen LogP contribution in [0.5, 0.6) is 0 Å². The van der Waals surface area contributed by atoms with Crippen LogP contribution in [0.25, 0.3) is 0 Å². The van der Waals surface area contributed by atoms with Gasteiger partial charge < -0.3 is 15.6 Å². The zero-order valence-electron chi connectivity index (χ0n) is 8.81. The molecule has 5 heteroatoms. The van der Waals surface area contributed by atoms with Crippen LogP contribution in [0.2, 0.25) is 0 Å². The number of aromatic amines is 1. The van der Waals surface area contributed by atoms with Crippen molar-refractivity contribution in [2.75, 3.05) is 11.4 Å². The van der Waals surface area contributed by atoms with Crippen LogP contribution < -0.4 is 16.2 Å². The van der Waals surface area contributed by atoms with Gasteiger partial charge in [-0.2, -0.15) is 0 Å². The first-order chi connectivity index (χ1) is 7.18. The maximum absolute atomic E-state index is 11.6. The van der Waals surface area contributed by atoms with Crippen molar-refractivity contribution in [3.8, 4) is 0 Å². The minimum absolute atomic E-state index is 0.125. The monoisotopic (exact) mass is 208 g/mol. The molecule has 2 unspecified atom stereocenters. The lowest BCUT2D eigenvalue weighted by molar-refractivity contribution is 0.426. The summed E-state index contributed by atoms with van der Waals surface area (Å²) >= 11 is 0. The van der Waals surface area contributed by atoms with Crippen LogP contribution in [0.1, 0.15) is 19.8 Å². The summed E-state index contributed by atoms with van der Waals surface area (Å²) in [6, 6.07) is 0.531. The fourth-order valence-electron chi connectivity index (χ4n) is 2.07. The van der Waals surface area contributed by atoms with Gasteiger partial charge in [-0.1, -0.05) is 0 Å². The number of aromatic nitrogens is 2. The zero-order chi connectivity index (χ0) is 10.8. The summed E-state index contributed by atoms with van der Waals surface area (Å²) in [5.74, 6) is 0.511. The van der Waals surface area contributed by atoms with Gasteiger partial charge in [-0.3, -0.25) is 4.79 Å². The highest BCUT2D eigenvalue weighted by molar-refractivity contribution is 5.37. The smallest absolute Gasteiger partial charge is 0.290 e. The third-order valence-electron chi connectivity index (χ3n) is 2.88. The maximum Gasteiger partial charge on any atom is 0.290 e. The number of nitrogens with one attached hydrogen (secondary N) is 1. The third-order valence-corrected chi connectivity index (χ3v) is 2.88. The predicted octanol–water partition coefficient (Wildman–Crippen LogP) is 0.0859. The van der Waals surface area contributed by atoms with Crippen LogP contribution in [-0.2, 0) is 0 Å². The standard InChI is InChI=1S/C10H16N4O/c1-7-6-8(11)2-5-14(7)9-10(15)13-4-3-12-9/h3-4,7-8H,2,5-6,11H2,1H3,(H,13,15). The Bertz CT molecular complexity index is 389. The Kier molecular flexibility index (Phi) is 2.73. The van der Waals surface area contributed by atoms with Crippen molar-refractivity contribution >= 4 is 5.82 Å². The summed E-state index contributed by atoms with van der Waals surface area (Å²) < 4.78 is 0. The molecule has 1 fully saturated rings. The molecule has 15 heavy (non-hydrogen) atoms. The highest BCUT2D eigenvalue weighted by Gasteiger charge is 2.25. The topological polar surface area (TPSA) is 75.0 Å². The lowest BCUT2D eigenvalue weighted by Gasteiger charge is -2.36. The largest absolute Gasteiger partial charge is 0.349 e. The molecule has 0 amide bonds. The molecule has 0 aliphatic carbocycles. The van der Waals surface area contributed by atoms with E-state index in [1.807, 2.05) is 4.90 Å². The van der Waals surface area contributed by atoms with E-state index in [9.17, 15) is 4.79 Å². The van der Waals surface area contributed by atoms with Crippen molar-refractivity contribution < 1.29 is 0 Å². The second kappa shape index (κ2) is 4.02. The molecule has 2 heterocycles. The quantitative estimate of drug-likeness (QED) is 0.685. The molecular formula is C10H16N4O. The Morgan fingerprint density at radius 2 is 2.47 bits per heavy atom. The normalized spacial score (nSPS) is 26.7. The first-order valence-corrected chi connectivity index (χ1v) is 5.24. The summed E-state index contributed by atoms with van der Waals surface area (Å²) in [5.41, 5.74) is 5.75. The van der Waals surface area contributed by atoms with Crippen molar-refractivity contribution in [1.29, 1.82) is 0 Å². The molecule has 1 aliphatic rings. The number of piperidine rings is 1. The SMILES string of the molecule is CC1CC(N)CCN1c1ncc[nH]c1=O. The Morgan fingerprint density at radius 1 is 1.67 bits per heavy atom.